The lowest BCUT2D eigenvalue weighted by molar-refractivity contribution is 0.102. The van der Waals surface area contributed by atoms with Crippen molar-refractivity contribution >= 4 is 22.7 Å². The van der Waals surface area contributed by atoms with Crippen LogP contribution in [0.4, 0.5) is 5.69 Å². The highest BCUT2D eigenvalue weighted by atomic mass is 16.3. The molecule has 6 nitrogen and oxygen atoms in total. The van der Waals surface area contributed by atoms with Crippen LogP contribution in [0.5, 0.6) is 5.75 Å². The number of anilines is 1. The molecule has 0 saturated heterocycles. The Morgan fingerprint density at radius 1 is 1.11 bits per heavy atom. The molecule has 0 unspecified atom stereocenters. The first-order valence-corrected chi connectivity index (χ1v) is 8.96. The fourth-order valence-electron chi connectivity index (χ4n) is 2.91. The molecule has 6 heteroatoms. The van der Waals surface area contributed by atoms with Crippen molar-refractivity contribution in [2.45, 2.75) is 19.8 Å². The van der Waals surface area contributed by atoms with E-state index < -0.39 is 0 Å². The van der Waals surface area contributed by atoms with Crippen LogP contribution in [-0.2, 0) is 0 Å². The molecule has 28 heavy (non-hydrogen) atoms. The van der Waals surface area contributed by atoms with E-state index in [1.807, 2.05) is 12.1 Å². The van der Waals surface area contributed by atoms with Crippen LogP contribution in [0.1, 0.15) is 35.7 Å². The van der Waals surface area contributed by atoms with E-state index in [-0.39, 0.29) is 11.7 Å². The van der Waals surface area contributed by atoms with Crippen molar-refractivity contribution in [1.29, 1.82) is 0 Å². The second-order valence-corrected chi connectivity index (χ2v) is 6.83. The molecule has 0 atom stereocenters. The number of oxazole rings is 1. The van der Waals surface area contributed by atoms with Crippen LogP contribution in [0.3, 0.4) is 0 Å². The van der Waals surface area contributed by atoms with Crippen LogP contribution < -0.4 is 5.32 Å². The maximum atomic E-state index is 12.4. The van der Waals surface area contributed by atoms with Gasteiger partial charge < -0.3 is 14.8 Å². The van der Waals surface area contributed by atoms with Crippen molar-refractivity contribution in [2.24, 2.45) is 0 Å². The van der Waals surface area contributed by atoms with Crippen molar-refractivity contribution in [3.63, 3.8) is 0 Å². The normalized spacial score (nSPS) is 11.1. The highest BCUT2D eigenvalue weighted by Crippen LogP contribution is 2.33. The quantitative estimate of drug-likeness (QED) is 0.527. The molecule has 0 aliphatic carbocycles. The number of hydrogen-bond acceptors (Lipinski definition) is 5. The van der Waals surface area contributed by atoms with Gasteiger partial charge in [-0.05, 0) is 35.7 Å². The summed E-state index contributed by atoms with van der Waals surface area (Å²) in [6.07, 6.45) is 3.21. The van der Waals surface area contributed by atoms with E-state index in [0.717, 1.165) is 0 Å². The Morgan fingerprint density at radius 3 is 2.57 bits per heavy atom. The maximum absolute atomic E-state index is 12.4. The Morgan fingerprint density at radius 2 is 1.89 bits per heavy atom. The molecule has 0 aliphatic rings. The second kappa shape index (κ2) is 7.15. The van der Waals surface area contributed by atoms with Gasteiger partial charge in [0.25, 0.3) is 5.91 Å². The zero-order chi connectivity index (χ0) is 19.7. The van der Waals surface area contributed by atoms with Crippen LogP contribution in [0.2, 0.25) is 0 Å². The van der Waals surface area contributed by atoms with Gasteiger partial charge in [0.1, 0.15) is 11.3 Å². The van der Waals surface area contributed by atoms with E-state index in [2.05, 4.69) is 29.1 Å². The average Bonchev–Trinajstić information content (AvgIpc) is 3.12. The molecular weight excluding hydrogens is 354 g/mol. The molecule has 2 aromatic carbocycles. The van der Waals surface area contributed by atoms with Gasteiger partial charge in [0.05, 0.1) is 11.8 Å². The van der Waals surface area contributed by atoms with E-state index in [0.29, 0.717) is 39.7 Å². The van der Waals surface area contributed by atoms with Gasteiger partial charge in [0.2, 0.25) is 5.89 Å². The van der Waals surface area contributed by atoms with Crippen LogP contribution in [0.25, 0.3) is 22.6 Å². The lowest BCUT2D eigenvalue weighted by atomic mass is 10.0. The highest BCUT2D eigenvalue weighted by Gasteiger charge is 2.14. The van der Waals surface area contributed by atoms with Gasteiger partial charge in [-0.25, -0.2) is 4.98 Å². The number of fused-ring (bicyclic) bond motifs is 1. The number of carbonyl (C=O) groups is 1. The largest absolute Gasteiger partial charge is 0.507 e. The van der Waals surface area contributed by atoms with E-state index in [9.17, 15) is 9.90 Å². The molecule has 2 heterocycles. The third-order valence-corrected chi connectivity index (χ3v) is 4.52. The zero-order valence-electron chi connectivity index (χ0n) is 15.5. The number of amides is 1. The minimum atomic E-state index is -0.240. The van der Waals surface area contributed by atoms with Gasteiger partial charge in [-0.3, -0.25) is 9.78 Å². The molecule has 0 spiro atoms. The van der Waals surface area contributed by atoms with Crippen molar-refractivity contribution in [1.82, 2.24) is 9.97 Å². The molecule has 1 amide bonds. The lowest BCUT2D eigenvalue weighted by Gasteiger charge is -2.09. The standard InChI is InChI=1S/C22H19N3O3/c1-13(2)14-3-5-15(6-4-14)21(27)24-16-7-8-17(19(26)11-16)22-25-18-12-23-10-9-20(18)28-22/h3-13,26H,1-2H3,(H,24,27). The average molecular weight is 373 g/mol. The topological polar surface area (TPSA) is 88.3 Å². The fraction of sp³-hybridized carbons (Fsp3) is 0.136. The summed E-state index contributed by atoms with van der Waals surface area (Å²) in [5.41, 5.74) is 3.85. The first-order valence-electron chi connectivity index (χ1n) is 8.96. The third-order valence-electron chi connectivity index (χ3n) is 4.52. The number of aromatic hydroxyl groups is 1. The van der Waals surface area contributed by atoms with Crippen molar-refractivity contribution in [3.05, 3.63) is 72.1 Å². The zero-order valence-corrected chi connectivity index (χ0v) is 15.5. The van der Waals surface area contributed by atoms with E-state index in [1.54, 1.807) is 42.7 Å². The number of phenols is 1. The van der Waals surface area contributed by atoms with Gasteiger partial charge in [0, 0.05) is 29.6 Å². The predicted octanol–water partition coefficient (Wildman–Crippen LogP) is 4.97. The monoisotopic (exact) mass is 373 g/mol. The lowest BCUT2D eigenvalue weighted by Crippen LogP contribution is -2.11. The Kier molecular flexibility index (Phi) is 4.53. The van der Waals surface area contributed by atoms with Crippen LogP contribution in [-0.4, -0.2) is 21.0 Å². The summed E-state index contributed by atoms with van der Waals surface area (Å²) in [4.78, 5) is 20.8. The number of aromatic nitrogens is 2. The second-order valence-electron chi connectivity index (χ2n) is 6.83. The Bertz CT molecular complexity index is 1110. The summed E-state index contributed by atoms with van der Waals surface area (Å²) in [6, 6.07) is 14.0. The molecular formula is C22H19N3O3. The molecule has 0 radical (unpaired) electrons. The van der Waals surface area contributed by atoms with Gasteiger partial charge >= 0.3 is 0 Å². The maximum Gasteiger partial charge on any atom is 0.255 e. The van der Waals surface area contributed by atoms with Gasteiger partial charge in [0.15, 0.2) is 5.58 Å². The Balaban J connectivity index is 1.55. The summed E-state index contributed by atoms with van der Waals surface area (Å²) < 4.78 is 5.66. The molecule has 0 saturated carbocycles. The van der Waals surface area contributed by atoms with Crippen LogP contribution in [0.15, 0.2) is 65.3 Å². The summed E-state index contributed by atoms with van der Waals surface area (Å²) in [7, 11) is 0. The molecule has 2 N–H and O–H groups in total. The molecule has 0 fully saturated rings. The van der Waals surface area contributed by atoms with E-state index in [1.165, 1.54) is 11.6 Å². The molecule has 140 valence electrons. The Hall–Kier alpha value is -3.67. The predicted molar refractivity (Wildman–Crippen MR) is 107 cm³/mol. The van der Waals surface area contributed by atoms with E-state index in [4.69, 9.17) is 4.42 Å². The number of nitrogens with one attached hydrogen (secondary N) is 1. The van der Waals surface area contributed by atoms with Crippen LogP contribution in [0, 0.1) is 0 Å². The van der Waals surface area contributed by atoms with Gasteiger partial charge in [-0.15, -0.1) is 0 Å². The molecule has 0 aliphatic heterocycles. The molecule has 4 aromatic rings. The van der Waals surface area contributed by atoms with Crippen LogP contribution >= 0.6 is 0 Å². The van der Waals surface area contributed by atoms with Gasteiger partial charge in [-0.2, -0.15) is 0 Å². The first kappa shape index (κ1) is 17.7. The number of benzene rings is 2. The summed E-state index contributed by atoms with van der Waals surface area (Å²) in [5, 5.41) is 13.2. The minimum Gasteiger partial charge on any atom is -0.507 e. The number of carbonyl (C=O) groups excluding carboxylic acids is 1. The van der Waals surface area contributed by atoms with Crippen molar-refractivity contribution in [3.8, 4) is 17.2 Å². The summed E-state index contributed by atoms with van der Waals surface area (Å²) >= 11 is 0. The summed E-state index contributed by atoms with van der Waals surface area (Å²) in [5.74, 6) is 0.426. The first-order chi connectivity index (χ1) is 13.5. The smallest absolute Gasteiger partial charge is 0.255 e. The Labute approximate surface area is 161 Å². The summed E-state index contributed by atoms with van der Waals surface area (Å²) in [6.45, 7) is 4.21. The number of hydrogen-bond donors (Lipinski definition) is 2. The molecule has 2 aromatic heterocycles. The number of pyridine rings is 1. The number of nitrogens with zero attached hydrogens (tertiary/aromatic N) is 2. The van der Waals surface area contributed by atoms with Gasteiger partial charge in [-0.1, -0.05) is 26.0 Å². The van der Waals surface area contributed by atoms with Crippen molar-refractivity contribution < 1.29 is 14.3 Å². The third kappa shape index (κ3) is 3.44. The van der Waals surface area contributed by atoms with Crippen molar-refractivity contribution in [2.75, 3.05) is 5.32 Å². The SMILES string of the molecule is CC(C)c1ccc(C(=O)Nc2ccc(-c3nc4cnccc4o3)c(O)c2)cc1. The molecule has 0 bridgehead atoms. The molecule has 4 rings (SSSR count). The van der Waals surface area contributed by atoms with E-state index >= 15 is 0 Å². The fourth-order valence-corrected chi connectivity index (χ4v) is 2.91. The minimum absolute atomic E-state index is 0.0347. The highest BCUT2D eigenvalue weighted by molar-refractivity contribution is 6.04. The number of phenolic OH excluding ortho intramolecular Hbond substituents is 1. The number of rotatable bonds is 4.